The summed E-state index contributed by atoms with van der Waals surface area (Å²) >= 11 is 1.62. The Bertz CT molecular complexity index is 718. The summed E-state index contributed by atoms with van der Waals surface area (Å²) in [4.78, 5) is 10.0. The molecule has 0 saturated heterocycles. The summed E-state index contributed by atoms with van der Waals surface area (Å²) in [5, 5.41) is 9.63. The number of aromatic nitrogens is 2. The number of anilines is 3. The Hall–Kier alpha value is -2.14. The molecule has 0 aliphatic carbocycles. The van der Waals surface area contributed by atoms with Gasteiger partial charge in [-0.3, -0.25) is 0 Å². The first-order chi connectivity index (χ1) is 9.76. The number of rotatable bonds is 4. The van der Waals surface area contributed by atoms with E-state index in [1.807, 2.05) is 18.4 Å². The molecule has 20 heavy (non-hydrogen) atoms. The Kier molecular flexibility index (Phi) is 3.52. The lowest BCUT2D eigenvalue weighted by molar-refractivity contribution is 1.11. The molecule has 3 aromatic rings. The van der Waals surface area contributed by atoms with Crippen LogP contribution in [0.2, 0.25) is 0 Å². The fourth-order valence-corrected chi connectivity index (χ4v) is 2.73. The van der Waals surface area contributed by atoms with Crippen LogP contribution in [0.5, 0.6) is 0 Å². The third kappa shape index (κ3) is 2.58. The van der Waals surface area contributed by atoms with Gasteiger partial charge < -0.3 is 10.6 Å². The van der Waals surface area contributed by atoms with Crippen molar-refractivity contribution in [1.82, 2.24) is 9.97 Å². The molecular formula is C15H16N4S. The Morgan fingerprint density at radius 3 is 2.65 bits per heavy atom. The molecule has 0 saturated carbocycles. The maximum absolute atomic E-state index is 4.55. The summed E-state index contributed by atoms with van der Waals surface area (Å²) in [6, 6.07) is 10.3. The van der Waals surface area contributed by atoms with Crippen LogP contribution in [0.15, 0.2) is 35.7 Å². The Morgan fingerprint density at radius 2 is 1.90 bits per heavy atom. The summed E-state index contributed by atoms with van der Waals surface area (Å²) in [5.74, 6) is 1.51. The van der Waals surface area contributed by atoms with E-state index in [4.69, 9.17) is 0 Å². The molecule has 2 N–H and O–H groups in total. The minimum atomic E-state index is 0.664. The van der Waals surface area contributed by atoms with Crippen molar-refractivity contribution < 1.29 is 0 Å². The zero-order chi connectivity index (χ0) is 13.9. The fraction of sp³-hybridized carbons (Fsp3) is 0.200. The van der Waals surface area contributed by atoms with Crippen LogP contribution in [-0.4, -0.2) is 16.5 Å². The van der Waals surface area contributed by atoms with Gasteiger partial charge >= 0.3 is 0 Å². The second kappa shape index (κ2) is 5.46. The maximum atomic E-state index is 4.55. The second-order valence-electron chi connectivity index (χ2n) is 4.56. The minimum absolute atomic E-state index is 0.664. The molecule has 1 aromatic carbocycles. The van der Waals surface area contributed by atoms with Crippen molar-refractivity contribution in [3.63, 3.8) is 0 Å². The van der Waals surface area contributed by atoms with E-state index in [0.29, 0.717) is 5.95 Å². The van der Waals surface area contributed by atoms with Gasteiger partial charge in [-0.2, -0.15) is 4.98 Å². The molecule has 0 bridgehead atoms. The normalized spacial score (nSPS) is 10.7. The van der Waals surface area contributed by atoms with E-state index in [-0.39, 0.29) is 0 Å². The van der Waals surface area contributed by atoms with Crippen LogP contribution in [-0.2, 0) is 0 Å². The predicted molar refractivity (Wildman–Crippen MR) is 86.0 cm³/mol. The van der Waals surface area contributed by atoms with E-state index in [2.05, 4.69) is 51.8 Å². The first kappa shape index (κ1) is 12.9. The highest BCUT2D eigenvalue weighted by Crippen LogP contribution is 2.28. The zero-order valence-electron chi connectivity index (χ0n) is 11.5. The summed E-state index contributed by atoms with van der Waals surface area (Å²) in [6.45, 7) is 4.92. The lowest BCUT2D eigenvalue weighted by Crippen LogP contribution is -2.04. The van der Waals surface area contributed by atoms with E-state index in [0.717, 1.165) is 28.3 Å². The van der Waals surface area contributed by atoms with Gasteiger partial charge in [0.05, 0.1) is 5.39 Å². The molecule has 0 radical (unpaired) electrons. The highest BCUT2D eigenvalue weighted by molar-refractivity contribution is 7.16. The third-order valence-corrected chi connectivity index (χ3v) is 3.78. The van der Waals surface area contributed by atoms with Crippen LogP contribution >= 0.6 is 11.3 Å². The van der Waals surface area contributed by atoms with Gasteiger partial charge in [0.25, 0.3) is 0 Å². The van der Waals surface area contributed by atoms with Crippen molar-refractivity contribution in [2.45, 2.75) is 13.8 Å². The number of nitrogens with one attached hydrogen (secondary N) is 2. The molecule has 0 amide bonds. The molecule has 102 valence electrons. The van der Waals surface area contributed by atoms with Crippen molar-refractivity contribution in [2.75, 3.05) is 17.2 Å². The minimum Gasteiger partial charge on any atom is -0.354 e. The van der Waals surface area contributed by atoms with Gasteiger partial charge in [0, 0.05) is 12.2 Å². The van der Waals surface area contributed by atoms with Crippen molar-refractivity contribution in [3.8, 4) is 0 Å². The van der Waals surface area contributed by atoms with Gasteiger partial charge in [0.1, 0.15) is 10.6 Å². The predicted octanol–water partition coefficient (Wildman–Crippen LogP) is 4.18. The van der Waals surface area contributed by atoms with Gasteiger partial charge in [-0.25, -0.2) is 4.98 Å². The van der Waals surface area contributed by atoms with Crippen molar-refractivity contribution in [3.05, 3.63) is 41.3 Å². The Balaban J connectivity index is 2.00. The number of fused-ring (bicyclic) bond motifs is 1. The van der Waals surface area contributed by atoms with Crippen LogP contribution in [0.1, 0.15) is 12.5 Å². The van der Waals surface area contributed by atoms with Gasteiger partial charge in [-0.05, 0) is 37.4 Å². The molecule has 0 fully saturated rings. The quantitative estimate of drug-likeness (QED) is 0.754. The number of thiophene rings is 1. The number of hydrogen-bond donors (Lipinski definition) is 2. The van der Waals surface area contributed by atoms with Crippen molar-refractivity contribution in [1.29, 1.82) is 0 Å². The molecule has 0 aliphatic heterocycles. The number of benzene rings is 1. The van der Waals surface area contributed by atoms with Gasteiger partial charge in [0.15, 0.2) is 0 Å². The van der Waals surface area contributed by atoms with E-state index >= 15 is 0 Å². The monoisotopic (exact) mass is 284 g/mol. The van der Waals surface area contributed by atoms with E-state index in [1.165, 1.54) is 5.56 Å². The van der Waals surface area contributed by atoms with Crippen LogP contribution in [0.4, 0.5) is 17.5 Å². The van der Waals surface area contributed by atoms with E-state index in [1.54, 1.807) is 11.3 Å². The molecule has 0 unspecified atom stereocenters. The Labute approximate surface area is 121 Å². The largest absolute Gasteiger partial charge is 0.354 e. The van der Waals surface area contributed by atoms with Crippen LogP contribution < -0.4 is 10.6 Å². The Morgan fingerprint density at radius 1 is 1.10 bits per heavy atom. The zero-order valence-corrected chi connectivity index (χ0v) is 12.3. The lowest BCUT2D eigenvalue weighted by atomic mass is 10.2. The third-order valence-electron chi connectivity index (χ3n) is 2.97. The molecule has 5 heteroatoms. The van der Waals surface area contributed by atoms with Gasteiger partial charge in [0.2, 0.25) is 5.95 Å². The fourth-order valence-electron chi connectivity index (χ4n) is 1.96. The lowest BCUT2D eigenvalue weighted by Gasteiger charge is -2.09. The van der Waals surface area contributed by atoms with Crippen LogP contribution in [0, 0.1) is 6.92 Å². The van der Waals surface area contributed by atoms with Crippen LogP contribution in [0.3, 0.4) is 0 Å². The topological polar surface area (TPSA) is 49.8 Å². The summed E-state index contributed by atoms with van der Waals surface area (Å²) in [6.07, 6.45) is 0. The molecule has 2 aromatic heterocycles. The molecule has 3 rings (SSSR count). The summed E-state index contributed by atoms with van der Waals surface area (Å²) < 4.78 is 0. The highest BCUT2D eigenvalue weighted by atomic mass is 32.1. The number of nitrogens with zero attached hydrogens (tertiary/aromatic N) is 2. The number of hydrogen-bond acceptors (Lipinski definition) is 5. The highest BCUT2D eigenvalue weighted by Gasteiger charge is 2.08. The van der Waals surface area contributed by atoms with E-state index in [9.17, 15) is 0 Å². The van der Waals surface area contributed by atoms with Crippen molar-refractivity contribution >= 4 is 39.0 Å². The second-order valence-corrected chi connectivity index (χ2v) is 5.45. The first-order valence-electron chi connectivity index (χ1n) is 6.59. The first-order valence-corrected chi connectivity index (χ1v) is 7.47. The maximum Gasteiger partial charge on any atom is 0.226 e. The summed E-state index contributed by atoms with van der Waals surface area (Å²) in [7, 11) is 0. The molecule has 0 atom stereocenters. The SMILES string of the molecule is CCNc1nc(Nc2ccc(C)cc2)c2ccsc2n1. The standard InChI is InChI=1S/C15H16N4S/c1-3-16-15-18-13(12-8-9-20-14(12)19-15)17-11-6-4-10(2)5-7-11/h4-9H,3H2,1-2H3,(H2,16,17,18,19). The molecule has 0 spiro atoms. The van der Waals surface area contributed by atoms with E-state index < -0.39 is 0 Å². The molecule has 2 heterocycles. The average Bonchev–Trinajstić information content (AvgIpc) is 2.90. The van der Waals surface area contributed by atoms with Gasteiger partial charge in [-0.15, -0.1) is 11.3 Å². The smallest absolute Gasteiger partial charge is 0.226 e. The van der Waals surface area contributed by atoms with Crippen LogP contribution in [0.25, 0.3) is 10.2 Å². The molecular weight excluding hydrogens is 268 g/mol. The summed E-state index contributed by atoms with van der Waals surface area (Å²) in [5.41, 5.74) is 2.27. The average molecular weight is 284 g/mol. The molecule has 0 aliphatic rings. The van der Waals surface area contributed by atoms with Gasteiger partial charge in [-0.1, -0.05) is 17.7 Å². The van der Waals surface area contributed by atoms with Crippen molar-refractivity contribution in [2.24, 2.45) is 0 Å². The molecule has 4 nitrogen and oxygen atoms in total. The number of aryl methyl sites for hydroxylation is 1.